The fraction of sp³-hybridized carbons (Fsp3) is 0.360. The van der Waals surface area contributed by atoms with Crippen molar-refractivity contribution in [2.24, 2.45) is 0 Å². The first-order valence-corrected chi connectivity index (χ1v) is 10.7. The molecule has 1 heterocycles. The summed E-state index contributed by atoms with van der Waals surface area (Å²) in [5, 5.41) is 9.49. The molecular weight excluding hydrogens is 376 g/mol. The van der Waals surface area contributed by atoms with E-state index in [9.17, 15) is 14.7 Å². The predicted molar refractivity (Wildman–Crippen MR) is 116 cm³/mol. The van der Waals surface area contributed by atoms with E-state index in [2.05, 4.69) is 53.4 Å². The Bertz CT molecular complexity index is 876. The van der Waals surface area contributed by atoms with Gasteiger partial charge in [-0.2, -0.15) is 0 Å². The molecule has 2 aromatic carbocycles. The molecule has 1 aliphatic carbocycles. The van der Waals surface area contributed by atoms with Crippen LogP contribution < -0.4 is 0 Å². The lowest BCUT2D eigenvalue weighted by Crippen LogP contribution is -2.50. The van der Waals surface area contributed by atoms with Crippen LogP contribution in [0, 0.1) is 0 Å². The minimum absolute atomic E-state index is 0.0808. The fourth-order valence-corrected chi connectivity index (χ4v) is 4.64. The van der Waals surface area contributed by atoms with Gasteiger partial charge in [-0.15, -0.1) is 0 Å². The Morgan fingerprint density at radius 3 is 1.73 bits per heavy atom. The molecule has 0 atom stereocenters. The van der Waals surface area contributed by atoms with Gasteiger partial charge in [-0.3, -0.25) is 9.69 Å². The number of aliphatic carboxylic acids is 1. The lowest BCUT2D eigenvalue weighted by atomic mass is 9.90. The normalized spacial score (nSPS) is 18.0. The van der Waals surface area contributed by atoms with Crippen molar-refractivity contribution in [3.8, 4) is 0 Å². The SMILES string of the molecule is O=C(O)C1=C(C(=O)N2CCN(C(c3ccccc3)c3ccccc3)CC2)CCCC1. The summed E-state index contributed by atoms with van der Waals surface area (Å²) < 4.78 is 0. The van der Waals surface area contributed by atoms with E-state index in [-0.39, 0.29) is 11.9 Å². The molecule has 0 spiro atoms. The molecule has 1 aliphatic heterocycles. The molecule has 0 radical (unpaired) electrons. The van der Waals surface area contributed by atoms with Crippen molar-refractivity contribution in [1.82, 2.24) is 9.80 Å². The topological polar surface area (TPSA) is 60.9 Å². The molecule has 30 heavy (non-hydrogen) atoms. The van der Waals surface area contributed by atoms with E-state index in [1.165, 1.54) is 11.1 Å². The smallest absolute Gasteiger partial charge is 0.332 e. The zero-order valence-corrected chi connectivity index (χ0v) is 17.2. The summed E-state index contributed by atoms with van der Waals surface area (Å²) in [7, 11) is 0. The summed E-state index contributed by atoms with van der Waals surface area (Å²) in [6.07, 6.45) is 2.82. The average molecular weight is 405 g/mol. The number of carbonyl (C=O) groups excluding carboxylic acids is 1. The predicted octanol–water partition coefficient (Wildman–Crippen LogP) is 3.88. The number of hydrogen-bond donors (Lipinski definition) is 1. The quantitative estimate of drug-likeness (QED) is 0.822. The summed E-state index contributed by atoms with van der Waals surface area (Å²) in [6, 6.07) is 21.1. The van der Waals surface area contributed by atoms with Crippen LogP contribution in [0.2, 0.25) is 0 Å². The number of amides is 1. The zero-order chi connectivity index (χ0) is 20.9. The van der Waals surface area contributed by atoms with Crippen LogP contribution in [0.5, 0.6) is 0 Å². The molecule has 0 unspecified atom stereocenters. The lowest BCUT2D eigenvalue weighted by Gasteiger charge is -2.40. The van der Waals surface area contributed by atoms with Crippen molar-refractivity contribution in [3.63, 3.8) is 0 Å². The van der Waals surface area contributed by atoms with Crippen molar-refractivity contribution < 1.29 is 14.7 Å². The highest BCUT2D eigenvalue weighted by molar-refractivity contribution is 6.02. The Hall–Kier alpha value is -2.92. The van der Waals surface area contributed by atoms with E-state index < -0.39 is 5.97 Å². The average Bonchev–Trinajstić information content (AvgIpc) is 2.81. The molecular formula is C25H28N2O3. The third-order valence-corrected chi connectivity index (χ3v) is 6.18. The van der Waals surface area contributed by atoms with Gasteiger partial charge in [0.25, 0.3) is 0 Å². The summed E-state index contributed by atoms with van der Waals surface area (Å²) >= 11 is 0. The van der Waals surface area contributed by atoms with E-state index >= 15 is 0 Å². The maximum atomic E-state index is 13.1. The number of rotatable bonds is 5. The van der Waals surface area contributed by atoms with Crippen LogP contribution in [0.1, 0.15) is 42.9 Å². The Morgan fingerprint density at radius 1 is 0.733 bits per heavy atom. The van der Waals surface area contributed by atoms with Gasteiger partial charge in [-0.25, -0.2) is 4.79 Å². The number of piperazine rings is 1. The first kappa shape index (κ1) is 20.4. The molecule has 1 N–H and O–H groups in total. The number of carboxylic acid groups (broad SMARTS) is 1. The van der Waals surface area contributed by atoms with Crippen LogP contribution in [-0.4, -0.2) is 53.0 Å². The lowest BCUT2D eigenvalue weighted by molar-refractivity contribution is -0.134. The van der Waals surface area contributed by atoms with E-state index in [1.54, 1.807) is 0 Å². The molecule has 0 aromatic heterocycles. The first-order valence-electron chi connectivity index (χ1n) is 10.7. The van der Waals surface area contributed by atoms with Gasteiger partial charge in [0.1, 0.15) is 0 Å². The highest BCUT2D eigenvalue weighted by Crippen LogP contribution is 2.31. The number of hydrogen-bond acceptors (Lipinski definition) is 3. The minimum atomic E-state index is -0.940. The molecule has 2 aliphatic rings. The summed E-state index contributed by atoms with van der Waals surface area (Å²) in [4.78, 5) is 28.9. The van der Waals surface area contributed by atoms with Gasteiger partial charge in [0.05, 0.1) is 6.04 Å². The van der Waals surface area contributed by atoms with Crippen molar-refractivity contribution >= 4 is 11.9 Å². The molecule has 1 saturated heterocycles. The van der Waals surface area contributed by atoms with Gasteiger partial charge >= 0.3 is 5.97 Å². The van der Waals surface area contributed by atoms with Crippen LogP contribution in [0.4, 0.5) is 0 Å². The molecule has 1 amide bonds. The summed E-state index contributed by atoms with van der Waals surface area (Å²) in [5.74, 6) is -1.02. The third-order valence-electron chi connectivity index (χ3n) is 6.18. The minimum Gasteiger partial charge on any atom is -0.478 e. The molecule has 4 rings (SSSR count). The van der Waals surface area contributed by atoms with Crippen molar-refractivity contribution in [3.05, 3.63) is 82.9 Å². The van der Waals surface area contributed by atoms with Gasteiger partial charge in [0.2, 0.25) is 5.91 Å². The van der Waals surface area contributed by atoms with E-state index in [0.29, 0.717) is 37.1 Å². The second-order valence-electron chi connectivity index (χ2n) is 8.02. The first-order chi connectivity index (χ1) is 14.6. The standard InChI is InChI=1S/C25H28N2O3/c28-24(21-13-7-8-14-22(21)25(29)30)27-17-15-26(16-18-27)23(19-9-3-1-4-10-19)20-11-5-2-6-12-20/h1-6,9-12,23H,7-8,13-18H2,(H,29,30). The Labute approximate surface area is 177 Å². The number of carbonyl (C=O) groups is 2. The van der Waals surface area contributed by atoms with Crippen LogP contribution in [0.15, 0.2) is 71.8 Å². The molecule has 1 fully saturated rings. The number of benzene rings is 2. The van der Waals surface area contributed by atoms with E-state index in [1.807, 2.05) is 17.0 Å². The third kappa shape index (κ3) is 4.31. The second kappa shape index (κ2) is 9.26. The molecule has 5 heteroatoms. The van der Waals surface area contributed by atoms with Crippen LogP contribution >= 0.6 is 0 Å². The molecule has 0 saturated carbocycles. The summed E-state index contributed by atoms with van der Waals surface area (Å²) in [6.45, 7) is 2.75. The van der Waals surface area contributed by atoms with Crippen molar-refractivity contribution in [2.45, 2.75) is 31.7 Å². The summed E-state index contributed by atoms with van der Waals surface area (Å²) in [5.41, 5.74) is 3.32. The highest BCUT2D eigenvalue weighted by Gasteiger charge is 2.31. The maximum Gasteiger partial charge on any atom is 0.332 e. The van der Waals surface area contributed by atoms with Crippen LogP contribution in [0.3, 0.4) is 0 Å². The van der Waals surface area contributed by atoms with Crippen molar-refractivity contribution in [1.29, 1.82) is 0 Å². The van der Waals surface area contributed by atoms with Gasteiger partial charge < -0.3 is 10.0 Å². The number of carboxylic acids is 1. The van der Waals surface area contributed by atoms with Crippen molar-refractivity contribution in [2.75, 3.05) is 26.2 Å². The molecule has 2 aromatic rings. The molecule has 0 bridgehead atoms. The largest absolute Gasteiger partial charge is 0.478 e. The maximum absolute atomic E-state index is 13.1. The number of nitrogens with zero attached hydrogens (tertiary/aromatic N) is 2. The molecule has 5 nitrogen and oxygen atoms in total. The Balaban J connectivity index is 1.51. The van der Waals surface area contributed by atoms with Crippen LogP contribution in [-0.2, 0) is 9.59 Å². The Morgan fingerprint density at radius 2 is 1.23 bits per heavy atom. The Kier molecular flexibility index (Phi) is 6.29. The van der Waals surface area contributed by atoms with Gasteiger partial charge in [-0.1, -0.05) is 60.7 Å². The second-order valence-corrected chi connectivity index (χ2v) is 8.02. The van der Waals surface area contributed by atoms with Gasteiger partial charge in [0, 0.05) is 37.3 Å². The highest BCUT2D eigenvalue weighted by atomic mass is 16.4. The van der Waals surface area contributed by atoms with Gasteiger partial charge in [-0.05, 0) is 36.8 Å². The van der Waals surface area contributed by atoms with Crippen LogP contribution in [0.25, 0.3) is 0 Å². The fourth-order valence-electron chi connectivity index (χ4n) is 4.64. The van der Waals surface area contributed by atoms with E-state index in [4.69, 9.17) is 0 Å². The van der Waals surface area contributed by atoms with E-state index in [0.717, 1.165) is 25.9 Å². The zero-order valence-electron chi connectivity index (χ0n) is 17.2. The monoisotopic (exact) mass is 404 g/mol. The molecule has 156 valence electrons. The van der Waals surface area contributed by atoms with Gasteiger partial charge in [0.15, 0.2) is 0 Å².